The number of hydrogen-bond donors (Lipinski definition) is 2. The maximum Gasteiger partial charge on any atom is 0.241 e. The van der Waals surface area contributed by atoms with Gasteiger partial charge in [0.25, 0.3) is 0 Å². The molecule has 2 N–H and O–H groups in total. The molecule has 8 heteroatoms. The zero-order valence-electron chi connectivity index (χ0n) is 11.2. The second kappa shape index (κ2) is 6.87. The van der Waals surface area contributed by atoms with Crippen molar-refractivity contribution in [2.75, 3.05) is 11.9 Å². The van der Waals surface area contributed by atoms with E-state index in [2.05, 4.69) is 10.0 Å². The first kappa shape index (κ1) is 16.4. The molecule has 0 aromatic heterocycles. The van der Waals surface area contributed by atoms with Gasteiger partial charge in [-0.25, -0.2) is 17.5 Å². The van der Waals surface area contributed by atoms with Crippen LogP contribution in [0.1, 0.15) is 0 Å². The maximum absolute atomic E-state index is 12.7. The number of carbonyl (C=O) groups excluding carboxylic acids is 1. The summed E-state index contributed by atoms with van der Waals surface area (Å²) in [6.07, 6.45) is 0. The Hall–Kier alpha value is -1.96. The van der Waals surface area contributed by atoms with Crippen LogP contribution in [0.4, 0.5) is 10.1 Å². The number of hydrogen-bond acceptors (Lipinski definition) is 3. The van der Waals surface area contributed by atoms with Crippen LogP contribution < -0.4 is 10.0 Å². The normalized spacial score (nSPS) is 11.2. The summed E-state index contributed by atoms with van der Waals surface area (Å²) in [5, 5.41) is 2.72. The fourth-order valence-electron chi connectivity index (χ4n) is 1.62. The van der Waals surface area contributed by atoms with Gasteiger partial charge in [-0.3, -0.25) is 4.79 Å². The van der Waals surface area contributed by atoms with Crippen molar-refractivity contribution in [3.8, 4) is 0 Å². The van der Waals surface area contributed by atoms with Crippen LogP contribution in [-0.2, 0) is 14.8 Å². The lowest BCUT2D eigenvalue weighted by atomic mass is 10.3. The lowest BCUT2D eigenvalue weighted by molar-refractivity contribution is -0.115. The van der Waals surface area contributed by atoms with Gasteiger partial charge in [-0.15, -0.1) is 0 Å². The van der Waals surface area contributed by atoms with Crippen molar-refractivity contribution in [2.24, 2.45) is 0 Å². The van der Waals surface area contributed by atoms with Gasteiger partial charge in [0.1, 0.15) is 5.82 Å². The number of carbonyl (C=O) groups is 1. The summed E-state index contributed by atoms with van der Waals surface area (Å²) in [4.78, 5) is 11.7. The molecule has 0 atom stereocenters. The van der Waals surface area contributed by atoms with Crippen LogP contribution in [0.3, 0.4) is 0 Å². The first-order chi connectivity index (χ1) is 10.4. The Bertz CT molecular complexity index is 779. The molecular formula is C14H12ClFN2O3S. The predicted molar refractivity (Wildman–Crippen MR) is 81.7 cm³/mol. The van der Waals surface area contributed by atoms with Crippen LogP contribution in [0, 0.1) is 5.82 Å². The number of amides is 1. The molecule has 116 valence electrons. The number of benzene rings is 2. The quantitative estimate of drug-likeness (QED) is 0.876. The molecule has 0 saturated heterocycles. The molecule has 0 bridgehead atoms. The Kier molecular flexibility index (Phi) is 5.12. The molecule has 0 aliphatic rings. The third kappa shape index (κ3) is 4.52. The molecule has 0 heterocycles. The minimum absolute atomic E-state index is 0.0328. The molecule has 0 radical (unpaired) electrons. The van der Waals surface area contributed by atoms with E-state index in [-0.39, 0.29) is 9.92 Å². The highest BCUT2D eigenvalue weighted by Crippen LogP contribution is 2.15. The van der Waals surface area contributed by atoms with Crippen molar-refractivity contribution in [3.63, 3.8) is 0 Å². The van der Waals surface area contributed by atoms with Gasteiger partial charge in [0.2, 0.25) is 15.9 Å². The summed E-state index contributed by atoms with van der Waals surface area (Å²) in [6, 6.07) is 10.8. The summed E-state index contributed by atoms with van der Waals surface area (Å²) in [5.74, 6) is -1.00. The van der Waals surface area contributed by atoms with E-state index in [0.29, 0.717) is 5.69 Å². The Balaban J connectivity index is 1.97. The topological polar surface area (TPSA) is 75.3 Å². The van der Waals surface area contributed by atoms with E-state index in [0.717, 1.165) is 0 Å². The molecule has 1 amide bonds. The zero-order chi connectivity index (χ0) is 16.2. The molecule has 0 aliphatic heterocycles. The largest absolute Gasteiger partial charge is 0.325 e. The summed E-state index contributed by atoms with van der Waals surface area (Å²) in [7, 11) is -3.83. The molecule has 5 nitrogen and oxygen atoms in total. The van der Waals surface area contributed by atoms with E-state index < -0.39 is 28.3 Å². The second-order valence-electron chi connectivity index (χ2n) is 4.34. The smallest absolute Gasteiger partial charge is 0.241 e. The van der Waals surface area contributed by atoms with Crippen LogP contribution in [0.15, 0.2) is 53.4 Å². The fourth-order valence-corrected chi connectivity index (χ4v) is 2.90. The van der Waals surface area contributed by atoms with Crippen molar-refractivity contribution in [1.82, 2.24) is 4.72 Å². The van der Waals surface area contributed by atoms with Crippen LogP contribution in [0.25, 0.3) is 0 Å². The van der Waals surface area contributed by atoms with Crippen LogP contribution in [0.5, 0.6) is 0 Å². The van der Waals surface area contributed by atoms with E-state index in [1.54, 1.807) is 6.07 Å². The zero-order valence-corrected chi connectivity index (χ0v) is 12.8. The van der Waals surface area contributed by atoms with Gasteiger partial charge < -0.3 is 5.32 Å². The monoisotopic (exact) mass is 342 g/mol. The van der Waals surface area contributed by atoms with Crippen molar-refractivity contribution in [3.05, 3.63) is 59.4 Å². The molecule has 2 rings (SSSR count). The number of halogens is 2. The highest BCUT2D eigenvalue weighted by molar-refractivity contribution is 7.89. The van der Waals surface area contributed by atoms with E-state index in [9.17, 15) is 17.6 Å². The molecule has 0 aliphatic carbocycles. The first-order valence-corrected chi connectivity index (χ1v) is 8.03. The summed E-state index contributed by atoms with van der Waals surface area (Å²) in [6.45, 7) is -0.452. The van der Waals surface area contributed by atoms with E-state index in [1.807, 2.05) is 0 Å². The van der Waals surface area contributed by atoms with Crippen molar-refractivity contribution in [2.45, 2.75) is 4.90 Å². The maximum atomic E-state index is 12.7. The number of anilines is 1. The molecule has 0 unspecified atom stereocenters. The molecule has 0 fully saturated rings. The van der Waals surface area contributed by atoms with Gasteiger partial charge >= 0.3 is 0 Å². The summed E-state index contributed by atoms with van der Waals surface area (Å²) in [5.41, 5.74) is 0.369. The summed E-state index contributed by atoms with van der Waals surface area (Å²) < 4.78 is 38.9. The van der Waals surface area contributed by atoms with Crippen molar-refractivity contribution >= 4 is 33.2 Å². The molecule has 22 heavy (non-hydrogen) atoms. The molecule has 2 aromatic rings. The average molecular weight is 343 g/mol. The van der Waals surface area contributed by atoms with Gasteiger partial charge in [-0.1, -0.05) is 17.7 Å². The standard InChI is InChI=1S/C14H12ClFN2O3S/c15-10-2-1-3-13(8-10)22(20,21)17-9-14(19)18-12-6-4-11(16)5-7-12/h1-8,17H,9H2,(H,18,19). The Morgan fingerprint density at radius 2 is 1.82 bits per heavy atom. The highest BCUT2D eigenvalue weighted by atomic mass is 35.5. The highest BCUT2D eigenvalue weighted by Gasteiger charge is 2.15. The van der Waals surface area contributed by atoms with Crippen LogP contribution in [0.2, 0.25) is 5.02 Å². The van der Waals surface area contributed by atoms with Crippen LogP contribution >= 0.6 is 11.6 Å². The third-order valence-corrected chi connectivity index (χ3v) is 4.29. The lowest BCUT2D eigenvalue weighted by Crippen LogP contribution is -2.32. The first-order valence-electron chi connectivity index (χ1n) is 6.17. The van der Waals surface area contributed by atoms with Crippen molar-refractivity contribution < 1.29 is 17.6 Å². The molecule has 0 saturated carbocycles. The van der Waals surface area contributed by atoms with Gasteiger partial charge in [0.05, 0.1) is 11.4 Å². The Morgan fingerprint density at radius 1 is 1.14 bits per heavy atom. The van der Waals surface area contributed by atoms with Crippen LogP contribution in [-0.4, -0.2) is 20.9 Å². The SMILES string of the molecule is O=C(CNS(=O)(=O)c1cccc(Cl)c1)Nc1ccc(F)cc1. The number of nitrogens with one attached hydrogen (secondary N) is 2. The predicted octanol–water partition coefficient (Wildman–Crippen LogP) is 2.40. The number of sulfonamides is 1. The Morgan fingerprint density at radius 3 is 2.45 bits per heavy atom. The molecular weight excluding hydrogens is 331 g/mol. The van der Waals surface area contributed by atoms with Gasteiger partial charge in [-0.2, -0.15) is 0 Å². The molecule has 2 aromatic carbocycles. The molecule has 0 spiro atoms. The van der Waals surface area contributed by atoms with E-state index in [4.69, 9.17) is 11.6 Å². The van der Waals surface area contributed by atoms with Gasteiger partial charge in [-0.05, 0) is 42.5 Å². The van der Waals surface area contributed by atoms with E-state index in [1.165, 1.54) is 42.5 Å². The minimum Gasteiger partial charge on any atom is -0.325 e. The van der Waals surface area contributed by atoms with Gasteiger partial charge in [0.15, 0.2) is 0 Å². The Labute approximate surface area is 132 Å². The van der Waals surface area contributed by atoms with Gasteiger partial charge in [0, 0.05) is 10.7 Å². The average Bonchev–Trinajstić information content (AvgIpc) is 2.48. The number of rotatable bonds is 5. The summed E-state index contributed by atoms with van der Waals surface area (Å²) >= 11 is 5.73. The fraction of sp³-hybridized carbons (Fsp3) is 0.0714. The van der Waals surface area contributed by atoms with Crippen molar-refractivity contribution in [1.29, 1.82) is 0 Å². The second-order valence-corrected chi connectivity index (χ2v) is 6.54. The third-order valence-electron chi connectivity index (χ3n) is 2.66. The lowest BCUT2D eigenvalue weighted by Gasteiger charge is -2.08. The van der Waals surface area contributed by atoms with E-state index >= 15 is 0 Å². The minimum atomic E-state index is -3.83.